The maximum atomic E-state index is 12.5. The highest BCUT2D eigenvalue weighted by molar-refractivity contribution is 5.93. The number of aryl methyl sites for hydroxylation is 1. The zero-order valence-electron chi connectivity index (χ0n) is 21.3. The Balaban J connectivity index is 1.63. The number of nitrogen functional groups attached to an aromatic ring is 1. The molecule has 0 fully saturated rings. The Morgan fingerprint density at radius 3 is 2.87 bits per heavy atom. The number of rotatable bonds is 3. The molecule has 38 heavy (non-hydrogen) atoms. The third kappa shape index (κ3) is 4.76. The molecule has 2 aromatic heterocycles. The minimum Gasteiger partial charge on any atom is -0.493 e. The van der Waals surface area contributed by atoms with Gasteiger partial charge >= 0.3 is 6.09 Å². The number of nitriles is 1. The zero-order valence-corrected chi connectivity index (χ0v) is 21.3. The quantitative estimate of drug-likeness (QED) is 0.349. The van der Waals surface area contributed by atoms with E-state index < -0.39 is 11.7 Å². The second kappa shape index (κ2) is 9.55. The van der Waals surface area contributed by atoms with Gasteiger partial charge in [0.1, 0.15) is 17.4 Å². The van der Waals surface area contributed by atoms with E-state index in [1.54, 1.807) is 45.2 Å². The summed E-state index contributed by atoms with van der Waals surface area (Å²) in [6.07, 6.45) is 1.87. The van der Waals surface area contributed by atoms with Gasteiger partial charge in [-0.2, -0.15) is 15.5 Å². The summed E-state index contributed by atoms with van der Waals surface area (Å²) < 4.78 is 13.2. The van der Waals surface area contributed by atoms with E-state index in [0.29, 0.717) is 52.2 Å². The number of nitrogens with two attached hydrogens (primary N) is 1. The Morgan fingerprint density at radius 1 is 1.29 bits per heavy atom. The summed E-state index contributed by atoms with van der Waals surface area (Å²) in [6, 6.07) is 10.9. The van der Waals surface area contributed by atoms with E-state index in [-0.39, 0.29) is 12.1 Å². The van der Waals surface area contributed by atoms with Gasteiger partial charge in [0.25, 0.3) is 5.56 Å². The molecule has 0 spiro atoms. The van der Waals surface area contributed by atoms with E-state index in [0.717, 1.165) is 23.2 Å². The Morgan fingerprint density at radius 2 is 2.11 bits per heavy atom. The monoisotopic (exact) mass is 513 g/mol. The molecule has 1 aliphatic heterocycles. The van der Waals surface area contributed by atoms with Crippen molar-refractivity contribution in [3.8, 4) is 34.2 Å². The van der Waals surface area contributed by atoms with E-state index in [4.69, 9.17) is 15.2 Å². The second-order valence-electron chi connectivity index (χ2n) is 10.0. The predicted octanol–water partition coefficient (Wildman–Crippen LogP) is 3.71. The summed E-state index contributed by atoms with van der Waals surface area (Å²) >= 11 is 0. The second-order valence-corrected chi connectivity index (χ2v) is 10.0. The van der Waals surface area contributed by atoms with Crippen molar-refractivity contribution < 1.29 is 14.3 Å². The largest absolute Gasteiger partial charge is 0.493 e. The number of fused-ring (bicyclic) bond motifs is 4. The number of anilines is 1. The number of H-pyrrole nitrogens is 1. The molecule has 1 aliphatic rings. The number of ether oxygens (including phenoxy) is 2. The first-order valence-corrected chi connectivity index (χ1v) is 12.2. The number of benzene rings is 2. The van der Waals surface area contributed by atoms with Gasteiger partial charge in [0.15, 0.2) is 0 Å². The molecule has 5 rings (SSSR count). The number of alkyl carbamates (subject to hydrolysis) is 1. The first kappa shape index (κ1) is 24.8. The maximum absolute atomic E-state index is 12.5. The summed E-state index contributed by atoms with van der Waals surface area (Å²) in [7, 11) is 0. The number of hydrogen-bond acceptors (Lipinski definition) is 8. The van der Waals surface area contributed by atoms with Crippen LogP contribution < -0.4 is 21.3 Å². The van der Waals surface area contributed by atoms with Crippen LogP contribution in [-0.4, -0.2) is 38.3 Å². The van der Waals surface area contributed by atoms with E-state index in [1.807, 2.05) is 16.8 Å². The van der Waals surface area contributed by atoms with Gasteiger partial charge in [0, 0.05) is 35.7 Å². The van der Waals surface area contributed by atoms with E-state index in [9.17, 15) is 14.9 Å². The van der Waals surface area contributed by atoms with Gasteiger partial charge < -0.3 is 20.5 Å². The summed E-state index contributed by atoms with van der Waals surface area (Å²) in [4.78, 5) is 24.8. The summed E-state index contributed by atoms with van der Waals surface area (Å²) in [5, 5.41) is 24.9. The van der Waals surface area contributed by atoms with Crippen LogP contribution in [0.3, 0.4) is 0 Å². The van der Waals surface area contributed by atoms with Gasteiger partial charge in [-0.25, -0.2) is 9.89 Å². The molecule has 0 saturated carbocycles. The SMILES string of the molecule is CC(C)(C)OC(=O)NCc1n[nH]c(=O)c2ccc(-c3cnn4c3-c3c(C#N)cc(N)cc3OCCC4)cc12. The number of aromatic amines is 1. The van der Waals surface area contributed by atoms with Crippen LogP contribution in [0.15, 0.2) is 41.3 Å². The fraction of sp³-hybridized carbons (Fsp3) is 0.296. The smallest absolute Gasteiger partial charge is 0.407 e. The molecule has 0 saturated heterocycles. The lowest BCUT2D eigenvalue weighted by Crippen LogP contribution is -2.32. The van der Waals surface area contributed by atoms with E-state index in [2.05, 4.69) is 26.7 Å². The van der Waals surface area contributed by atoms with Crippen molar-refractivity contribution in [1.29, 1.82) is 5.26 Å². The lowest BCUT2D eigenvalue weighted by molar-refractivity contribution is 0.0523. The molecule has 0 aliphatic carbocycles. The molecule has 1 amide bonds. The van der Waals surface area contributed by atoms with Crippen molar-refractivity contribution in [3.63, 3.8) is 0 Å². The fourth-order valence-electron chi connectivity index (χ4n) is 4.50. The van der Waals surface area contributed by atoms with Crippen molar-refractivity contribution in [2.75, 3.05) is 12.3 Å². The molecule has 4 N–H and O–H groups in total. The van der Waals surface area contributed by atoms with E-state index in [1.165, 1.54) is 0 Å². The summed E-state index contributed by atoms with van der Waals surface area (Å²) in [6.45, 7) is 6.44. The Kier molecular flexibility index (Phi) is 6.24. The molecule has 194 valence electrons. The standard InChI is InChI=1S/C27H27N7O4/c1-27(2,3)38-26(36)30-14-21-19-10-15(5-6-18(19)25(35)33-32-21)20-13-31-34-7-4-8-37-22-11-17(29)9-16(12-28)23(22)24(20)34/h5-6,9-11,13H,4,7-8,14,29H2,1-3H3,(H,30,36)(H,33,35). The van der Waals surface area contributed by atoms with Crippen molar-refractivity contribution in [2.24, 2.45) is 0 Å². The molecule has 0 bridgehead atoms. The molecule has 0 radical (unpaired) electrons. The van der Waals surface area contributed by atoms with Crippen molar-refractivity contribution >= 4 is 22.6 Å². The molecule has 11 heteroatoms. The summed E-state index contributed by atoms with van der Waals surface area (Å²) in [5.74, 6) is 0.519. The third-order valence-electron chi connectivity index (χ3n) is 6.07. The molecular formula is C27H27N7O4. The van der Waals surface area contributed by atoms with Crippen LogP contribution in [0.5, 0.6) is 5.75 Å². The van der Waals surface area contributed by atoms with Crippen LogP contribution in [0.25, 0.3) is 33.2 Å². The van der Waals surface area contributed by atoms with E-state index >= 15 is 0 Å². The number of carbonyl (C=O) groups is 1. The average molecular weight is 514 g/mol. The van der Waals surface area contributed by atoms with Crippen LogP contribution in [-0.2, 0) is 17.8 Å². The highest BCUT2D eigenvalue weighted by atomic mass is 16.6. The van der Waals surface area contributed by atoms with Crippen LogP contribution in [0.4, 0.5) is 10.5 Å². The maximum Gasteiger partial charge on any atom is 0.407 e. The number of aromatic nitrogens is 4. The third-order valence-corrected chi connectivity index (χ3v) is 6.07. The Bertz CT molecular complexity index is 1660. The molecular weight excluding hydrogens is 486 g/mol. The van der Waals surface area contributed by atoms with Crippen LogP contribution in [0.2, 0.25) is 0 Å². The van der Waals surface area contributed by atoms with Gasteiger partial charge in [-0.15, -0.1) is 0 Å². The topological polar surface area (TPSA) is 161 Å². The van der Waals surface area contributed by atoms with Crippen molar-refractivity contribution in [2.45, 2.75) is 45.9 Å². The van der Waals surface area contributed by atoms with Crippen LogP contribution >= 0.6 is 0 Å². The lowest BCUT2D eigenvalue weighted by Gasteiger charge is -2.20. The molecule has 2 aromatic carbocycles. The molecule has 3 heterocycles. The van der Waals surface area contributed by atoms with Gasteiger partial charge in [-0.3, -0.25) is 9.48 Å². The highest BCUT2D eigenvalue weighted by Gasteiger charge is 2.25. The predicted molar refractivity (Wildman–Crippen MR) is 141 cm³/mol. The molecule has 11 nitrogen and oxygen atoms in total. The molecule has 4 aromatic rings. The normalized spacial score (nSPS) is 12.9. The van der Waals surface area contributed by atoms with Crippen LogP contribution in [0, 0.1) is 11.3 Å². The van der Waals surface area contributed by atoms with Gasteiger partial charge in [0.2, 0.25) is 0 Å². The highest BCUT2D eigenvalue weighted by Crippen LogP contribution is 2.42. The average Bonchev–Trinajstić information content (AvgIpc) is 3.25. The van der Waals surface area contributed by atoms with Gasteiger partial charge in [-0.1, -0.05) is 6.07 Å². The Labute approximate surface area is 218 Å². The minimum atomic E-state index is -0.649. The van der Waals surface area contributed by atoms with Crippen molar-refractivity contribution in [1.82, 2.24) is 25.3 Å². The molecule has 0 atom stereocenters. The molecule has 0 unspecified atom stereocenters. The number of nitrogens with zero attached hydrogens (tertiary/aromatic N) is 4. The number of carbonyl (C=O) groups excluding carboxylic acids is 1. The Hall–Kier alpha value is -4.85. The first-order chi connectivity index (χ1) is 18.1. The fourth-order valence-corrected chi connectivity index (χ4v) is 4.50. The zero-order chi connectivity index (χ0) is 27.0. The number of amides is 1. The number of nitrogens with one attached hydrogen (secondary N) is 2. The lowest BCUT2D eigenvalue weighted by atomic mass is 9.95. The van der Waals surface area contributed by atoms with Crippen molar-refractivity contribution in [3.05, 3.63) is 58.1 Å². The van der Waals surface area contributed by atoms with Gasteiger partial charge in [-0.05, 0) is 44.5 Å². The van der Waals surface area contributed by atoms with Crippen LogP contribution in [0.1, 0.15) is 38.4 Å². The number of hydrogen-bond donors (Lipinski definition) is 3. The van der Waals surface area contributed by atoms with Gasteiger partial charge in [0.05, 0.1) is 47.2 Å². The first-order valence-electron chi connectivity index (χ1n) is 12.2. The summed E-state index contributed by atoms with van der Waals surface area (Å²) in [5.41, 5.74) is 9.18. The minimum absolute atomic E-state index is 0.0479.